The zero-order valence-electron chi connectivity index (χ0n) is 10.0. The van der Waals surface area contributed by atoms with Crippen molar-refractivity contribution in [1.82, 2.24) is 0 Å². The van der Waals surface area contributed by atoms with E-state index >= 15 is 0 Å². The predicted molar refractivity (Wildman–Crippen MR) is 65.9 cm³/mol. The molecule has 0 amide bonds. The van der Waals surface area contributed by atoms with E-state index < -0.39 is 18.2 Å². The van der Waals surface area contributed by atoms with Crippen molar-refractivity contribution in [3.8, 4) is 0 Å². The van der Waals surface area contributed by atoms with Gasteiger partial charge in [-0.05, 0) is 29.9 Å². The number of rotatable bonds is 6. The van der Waals surface area contributed by atoms with E-state index in [0.29, 0.717) is 4.88 Å². The number of methoxy groups -OCH3 is 1. The zero-order chi connectivity index (χ0) is 12.8. The number of aliphatic hydroxyl groups is 2. The third-order valence-electron chi connectivity index (χ3n) is 2.59. The average Bonchev–Trinajstić information content (AvgIpc) is 2.81. The van der Waals surface area contributed by atoms with Gasteiger partial charge in [-0.2, -0.15) is 0 Å². The summed E-state index contributed by atoms with van der Waals surface area (Å²) in [5, 5.41) is 21.4. The first-order valence-electron chi connectivity index (χ1n) is 5.62. The van der Waals surface area contributed by atoms with E-state index in [1.54, 1.807) is 0 Å². The Morgan fingerprint density at radius 1 is 1.53 bits per heavy atom. The van der Waals surface area contributed by atoms with Crippen LogP contribution in [0.25, 0.3) is 0 Å². The highest BCUT2D eigenvalue weighted by Gasteiger charge is 2.28. The molecule has 0 saturated heterocycles. The maximum Gasteiger partial charge on any atom is 0.337 e. The number of hydrogen-bond acceptors (Lipinski definition) is 5. The highest BCUT2D eigenvalue weighted by molar-refractivity contribution is 7.10. The second kappa shape index (κ2) is 6.74. The number of esters is 1. The van der Waals surface area contributed by atoms with Crippen molar-refractivity contribution in [3.05, 3.63) is 21.9 Å². The molecule has 0 aliphatic heterocycles. The van der Waals surface area contributed by atoms with E-state index in [9.17, 15) is 15.0 Å². The van der Waals surface area contributed by atoms with Crippen molar-refractivity contribution in [3.63, 3.8) is 0 Å². The summed E-state index contributed by atoms with van der Waals surface area (Å²) in [5.74, 6) is -0.813. The van der Waals surface area contributed by atoms with Crippen molar-refractivity contribution in [2.45, 2.75) is 38.4 Å². The lowest BCUT2D eigenvalue weighted by Gasteiger charge is -2.16. The van der Waals surface area contributed by atoms with Gasteiger partial charge in [0.25, 0.3) is 0 Å². The number of unbranched alkanes of at least 4 members (excludes halogenated alkanes) is 1. The first kappa shape index (κ1) is 14.2. The van der Waals surface area contributed by atoms with Crippen LogP contribution in [0.1, 0.15) is 36.3 Å². The largest absolute Gasteiger partial charge is 0.467 e. The van der Waals surface area contributed by atoms with Crippen LogP contribution in [0.2, 0.25) is 0 Å². The molecule has 0 bridgehead atoms. The number of aryl methyl sites for hydroxylation is 1. The summed E-state index contributed by atoms with van der Waals surface area (Å²) in [6.45, 7) is 2.09. The van der Waals surface area contributed by atoms with Crippen LogP contribution in [0.5, 0.6) is 0 Å². The van der Waals surface area contributed by atoms with Gasteiger partial charge >= 0.3 is 5.97 Å². The molecule has 17 heavy (non-hydrogen) atoms. The minimum Gasteiger partial charge on any atom is -0.467 e. The Kier molecular flexibility index (Phi) is 5.61. The minimum absolute atomic E-state index is 0.649. The van der Waals surface area contributed by atoms with Gasteiger partial charge in [-0.25, -0.2) is 4.79 Å². The number of ether oxygens (including phenoxy) is 1. The monoisotopic (exact) mass is 258 g/mol. The highest BCUT2D eigenvalue weighted by Crippen LogP contribution is 2.28. The smallest absolute Gasteiger partial charge is 0.337 e. The van der Waals surface area contributed by atoms with E-state index in [2.05, 4.69) is 11.7 Å². The minimum atomic E-state index is -1.51. The molecule has 96 valence electrons. The molecule has 0 saturated carbocycles. The standard InChI is InChI=1S/C12H18O4S/c1-3-4-5-8-6-7-17-11(8)9(13)10(14)12(15)16-2/h6-7,9-10,13-14H,3-5H2,1-2H3. The van der Waals surface area contributed by atoms with Gasteiger partial charge in [0.2, 0.25) is 0 Å². The van der Waals surface area contributed by atoms with Crippen LogP contribution in [-0.4, -0.2) is 29.4 Å². The van der Waals surface area contributed by atoms with Crippen LogP contribution in [0.3, 0.4) is 0 Å². The normalized spacial score (nSPS) is 14.4. The van der Waals surface area contributed by atoms with Crippen LogP contribution in [0.4, 0.5) is 0 Å². The second-order valence-electron chi connectivity index (χ2n) is 3.83. The molecule has 1 aromatic heterocycles. The molecule has 1 aromatic rings. The summed E-state index contributed by atoms with van der Waals surface area (Å²) in [4.78, 5) is 11.8. The molecule has 1 rings (SSSR count). The molecule has 0 spiro atoms. The van der Waals surface area contributed by atoms with Gasteiger partial charge in [-0.3, -0.25) is 0 Å². The van der Waals surface area contributed by atoms with Crippen molar-refractivity contribution in [1.29, 1.82) is 0 Å². The molecule has 0 aromatic carbocycles. The van der Waals surface area contributed by atoms with Crippen LogP contribution in [0.15, 0.2) is 11.4 Å². The van der Waals surface area contributed by atoms with Crippen LogP contribution < -0.4 is 0 Å². The molecule has 2 unspecified atom stereocenters. The zero-order valence-corrected chi connectivity index (χ0v) is 10.9. The molecule has 1 heterocycles. The van der Waals surface area contributed by atoms with Gasteiger partial charge in [-0.1, -0.05) is 13.3 Å². The Morgan fingerprint density at radius 3 is 2.82 bits per heavy atom. The number of thiophene rings is 1. The van der Waals surface area contributed by atoms with E-state index in [0.717, 1.165) is 24.8 Å². The molecule has 2 atom stereocenters. The molecular weight excluding hydrogens is 240 g/mol. The Labute approximate surface area is 105 Å². The lowest BCUT2D eigenvalue weighted by atomic mass is 10.0. The lowest BCUT2D eigenvalue weighted by Crippen LogP contribution is -2.29. The average molecular weight is 258 g/mol. The number of carbonyl (C=O) groups excluding carboxylic acids is 1. The molecule has 0 aliphatic rings. The fraction of sp³-hybridized carbons (Fsp3) is 0.583. The molecular formula is C12H18O4S. The van der Waals surface area contributed by atoms with Gasteiger partial charge in [0, 0.05) is 4.88 Å². The van der Waals surface area contributed by atoms with Gasteiger partial charge < -0.3 is 14.9 Å². The maximum absolute atomic E-state index is 11.1. The quantitative estimate of drug-likeness (QED) is 0.762. The lowest BCUT2D eigenvalue weighted by molar-refractivity contribution is -0.156. The second-order valence-corrected chi connectivity index (χ2v) is 4.77. The molecule has 2 N–H and O–H groups in total. The third kappa shape index (κ3) is 3.52. The summed E-state index contributed by atoms with van der Waals surface area (Å²) in [6.07, 6.45) is 0.212. The summed E-state index contributed by atoms with van der Waals surface area (Å²) in [5.41, 5.74) is 0.993. The summed E-state index contributed by atoms with van der Waals surface area (Å²) >= 11 is 1.35. The highest BCUT2D eigenvalue weighted by atomic mass is 32.1. The topological polar surface area (TPSA) is 66.8 Å². The van der Waals surface area contributed by atoms with Crippen LogP contribution in [0, 0.1) is 0 Å². The third-order valence-corrected chi connectivity index (χ3v) is 3.62. The SMILES string of the molecule is CCCCc1ccsc1C(O)C(O)C(=O)OC. The molecule has 5 heteroatoms. The van der Waals surface area contributed by atoms with Crippen molar-refractivity contribution in [2.24, 2.45) is 0 Å². The van der Waals surface area contributed by atoms with Gasteiger partial charge in [0.1, 0.15) is 6.10 Å². The first-order chi connectivity index (χ1) is 8.11. The summed E-state index contributed by atoms with van der Waals surface area (Å²) in [6, 6.07) is 1.92. The van der Waals surface area contributed by atoms with E-state index in [1.165, 1.54) is 18.4 Å². The predicted octanol–water partition coefficient (Wildman–Crippen LogP) is 1.66. The van der Waals surface area contributed by atoms with Crippen LogP contribution in [-0.2, 0) is 16.0 Å². The van der Waals surface area contributed by atoms with Gasteiger partial charge in [-0.15, -0.1) is 11.3 Å². The summed E-state index contributed by atoms with van der Waals surface area (Å²) in [7, 11) is 1.19. The van der Waals surface area contributed by atoms with Crippen molar-refractivity contribution < 1.29 is 19.7 Å². The molecule has 0 aliphatic carbocycles. The fourth-order valence-electron chi connectivity index (χ4n) is 1.57. The Balaban J connectivity index is 2.77. The fourth-order valence-corrected chi connectivity index (χ4v) is 2.54. The van der Waals surface area contributed by atoms with Crippen molar-refractivity contribution >= 4 is 17.3 Å². The Bertz CT molecular complexity index is 361. The van der Waals surface area contributed by atoms with E-state index in [1.807, 2.05) is 11.4 Å². The van der Waals surface area contributed by atoms with E-state index in [4.69, 9.17) is 0 Å². The molecule has 0 fully saturated rings. The first-order valence-corrected chi connectivity index (χ1v) is 6.50. The van der Waals surface area contributed by atoms with Crippen molar-refractivity contribution in [2.75, 3.05) is 7.11 Å². The van der Waals surface area contributed by atoms with Crippen LogP contribution >= 0.6 is 11.3 Å². The van der Waals surface area contributed by atoms with Gasteiger partial charge in [0.05, 0.1) is 7.11 Å². The number of carbonyl (C=O) groups is 1. The van der Waals surface area contributed by atoms with E-state index in [-0.39, 0.29) is 0 Å². The Morgan fingerprint density at radius 2 is 2.24 bits per heavy atom. The maximum atomic E-state index is 11.1. The Hall–Kier alpha value is -0.910. The number of hydrogen-bond donors (Lipinski definition) is 2. The molecule has 4 nitrogen and oxygen atoms in total. The summed E-state index contributed by atoms with van der Waals surface area (Å²) < 4.78 is 4.41. The number of aliphatic hydroxyl groups excluding tert-OH is 2. The van der Waals surface area contributed by atoms with Gasteiger partial charge in [0.15, 0.2) is 6.10 Å². The molecule has 0 radical (unpaired) electrons.